The fraction of sp³-hybridized carbons (Fsp3) is 0.667. The van der Waals surface area contributed by atoms with Gasteiger partial charge in [-0.25, -0.2) is 0 Å². The molecule has 0 bridgehead atoms. The lowest BCUT2D eigenvalue weighted by molar-refractivity contribution is -0.120. The Hall–Kier alpha value is 0.370. The van der Waals surface area contributed by atoms with Gasteiger partial charge in [-0.05, 0) is 19.4 Å². The highest BCUT2D eigenvalue weighted by atomic mass is 79.9. The Bertz CT molecular complexity index is 295. The maximum Gasteiger partial charge on any atom is 0.164 e. The first-order valence-corrected chi connectivity index (χ1v) is 5.55. The van der Waals surface area contributed by atoms with E-state index in [0.717, 1.165) is 6.42 Å². The molecule has 0 amide bonds. The summed E-state index contributed by atoms with van der Waals surface area (Å²) in [4.78, 5) is 11.6. The van der Waals surface area contributed by atoms with Crippen LogP contribution in [0.5, 0.6) is 0 Å². The molecule has 0 aromatic heterocycles. The quantitative estimate of drug-likeness (QED) is 0.628. The Morgan fingerprint density at radius 2 is 2.00 bits per heavy atom. The third kappa shape index (κ3) is 0.618. The predicted octanol–water partition coefficient (Wildman–Crippen LogP) is 3.03. The number of carbonyl (C=O) groups is 1. The molecule has 0 aromatic rings. The van der Waals surface area contributed by atoms with E-state index in [1.807, 2.05) is 13.0 Å². The summed E-state index contributed by atoms with van der Waals surface area (Å²) < 4.78 is -0.194. The molecular formula is C9H10Br2O. The summed E-state index contributed by atoms with van der Waals surface area (Å²) in [5.74, 6) is 0.227. The first kappa shape index (κ1) is 8.95. The van der Waals surface area contributed by atoms with Gasteiger partial charge in [-0.3, -0.25) is 4.79 Å². The molecule has 0 N–H and O–H groups in total. The third-order valence-corrected chi connectivity index (χ3v) is 6.99. The van der Waals surface area contributed by atoms with Crippen molar-refractivity contribution in [3.8, 4) is 0 Å². The van der Waals surface area contributed by atoms with Gasteiger partial charge in [0.15, 0.2) is 5.78 Å². The predicted molar refractivity (Wildman–Crippen MR) is 55.6 cm³/mol. The summed E-state index contributed by atoms with van der Waals surface area (Å²) in [5.41, 5.74) is -0.208. The zero-order valence-electron chi connectivity index (χ0n) is 7.03. The number of carbonyl (C=O) groups excluding carboxylic acids is 1. The molecule has 2 aliphatic carbocycles. The van der Waals surface area contributed by atoms with Gasteiger partial charge in [0.25, 0.3) is 0 Å². The molecule has 0 spiro atoms. The van der Waals surface area contributed by atoms with Crippen LogP contribution in [0, 0.1) is 10.8 Å². The second-order valence-corrected chi connectivity index (χ2v) is 7.45. The van der Waals surface area contributed by atoms with Crippen molar-refractivity contribution in [2.75, 3.05) is 0 Å². The Labute approximate surface area is 88.9 Å². The van der Waals surface area contributed by atoms with E-state index < -0.39 is 0 Å². The third-order valence-electron chi connectivity index (χ3n) is 3.65. The topological polar surface area (TPSA) is 17.1 Å². The Morgan fingerprint density at radius 1 is 1.42 bits per heavy atom. The zero-order chi connectivity index (χ0) is 9.20. The maximum absolute atomic E-state index is 11.6. The minimum Gasteiger partial charge on any atom is -0.294 e. The molecule has 0 aliphatic heterocycles. The number of fused-ring (bicyclic) bond motifs is 1. The summed E-state index contributed by atoms with van der Waals surface area (Å²) in [5, 5.41) is 0. The molecule has 1 saturated carbocycles. The number of allylic oxidation sites excluding steroid dienone is 2. The molecule has 2 aliphatic rings. The average Bonchev–Trinajstić information content (AvgIpc) is 2.32. The van der Waals surface area contributed by atoms with Crippen LogP contribution in [0.3, 0.4) is 0 Å². The molecule has 1 fully saturated rings. The van der Waals surface area contributed by atoms with E-state index in [1.165, 1.54) is 0 Å². The molecule has 2 rings (SSSR count). The molecule has 2 atom stereocenters. The molecule has 0 unspecified atom stereocenters. The number of hydrogen-bond donors (Lipinski definition) is 0. The smallest absolute Gasteiger partial charge is 0.164 e. The molecule has 0 radical (unpaired) electrons. The van der Waals surface area contributed by atoms with Crippen LogP contribution in [0.4, 0.5) is 0 Å². The second kappa shape index (κ2) is 2.06. The molecule has 0 heterocycles. The fourth-order valence-electron chi connectivity index (χ4n) is 2.20. The van der Waals surface area contributed by atoms with Crippen molar-refractivity contribution in [1.82, 2.24) is 0 Å². The molecule has 66 valence electrons. The highest BCUT2D eigenvalue weighted by Gasteiger charge is 2.83. The van der Waals surface area contributed by atoms with Gasteiger partial charge in [-0.15, -0.1) is 0 Å². The number of hydrogen-bond acceptors (Lipinski definition) is 1. The monoisotopic (exact) mass is 292 g/mol. The van der Waals surface area contributed by atoms with Crippen molar-refractivity contribution < 1.29 is 4.79 Å². The van der Waals surface area contributed by atoms with Gasteiger partial charge in [0.2, 0.25) is 0 Å². The summed E-state index contributed by atoms with van der Waals surface area (Å²) in [7, 11) is 0. The van der Waals surface area contributed by atoms with Gasteiger partial charge in [-0.1, -0.05) is 44.9 Å². The largest absolute Gasteiger partial charge is 0.294 e. The minimum absolute atomic E-state index is 0.0475. The van der Waals surface area contributed by atoms with E-state index >= 15 is 0 Å². The minimum atomic E-state index is -0.255. The summed E-state index contributed by atoms with van der Waals surface area (Å²) in [6.07, 6.45) is 4.63. The number of halogens is 2. The van der Waals surface area contributed by atoms with E-state index in [2.05, 4.69) is 38.8 Å². The Morgan fingerprint density at radius 3 is 2.42 bits per heavy atom. The molecule has 12 heavy (non-hydrogen) atoms. The van der Waals surface area contributed by atoms with Crippen molar-refractivity contribution in [3.05, 3.63) is 12.2 Å². The summed E-state index contributed by atoms with van der Waals surface area (Å²) >= 11 is 7.18. The zero-order valence-corrected chi connectivity index (χ0v) is 10.2. The van der Waals surface area contributed by atoms with Crippen molar-refractivity contribution in [2.24, 2.45) is 10.8 Å². The van der Waals surface area contributed by atoms with Crippen molar-refractivity contribution >= 4 is 37.6 Å². The van der Waals surface area contributed by atoms with Crippen LogP contribution in [-0.2, 0) is 4.79 Å². The Balaban J connectivity index is 2.52. The first-order chi connectivity index (χ1) is 5.38. The lowest BCUT2D eigenvalue weighted by atomic mass is 9.85. The lowest BCUT2D eigenvalue weighted by Crippen LogP contribution is -2.20. The van der Waals surface area contributed by atoms with Crippen LogP contribution in [0.2, 0.25) is 0 Å². The van der Waals surface area contributed by atoms with E-state index in [-0.39, 0.29) is 19.8 Å². The van der Waals surface area contributed by atoms with Crippen LogP contribution < -0.4 is 0 Å². The highest BCUT2D eigenvalue weighted by molar-refractivity contribution is 9.25. The fourth-order valence-corrected chi connectivity index (χ4v) is 4.38. The normalized spacial score (nSPS) is 48.8. The van der Waals surface area contributed by atoms with E-state index in [9.17, 15) is 4.79 Å². The van der Waals surface area contributed by atoms with Gasteiger partial charge in [0.1, 0.15) is 3.23 Å². The van der Waals surface area contributed by atoms with Crippen LogP contribution in [0.25, 0.3) is 0 Å². The highest BCUT2D eigenvalue weighted by Crippen LogP contribution is 2.82. The van der Waals surface area contributed by atoms with Crippen molar-refractivity contribution in [3.63, 3.8) is 0 Å². The van der Waals surface area contributed by atoms with Gasteiger partial charge in [-0.2, -0.15) is 0 Å². The van der Waals surface area contributed by atoms with Crippen molar-refractivity contribution in [2.45, 2.75) is 23.5 Å². The maximum atomic E-state index is 11.6. The first-order valence-electron chi connectivity index (χ1n) is 3.97. The van der Waals surface area contributed by atoms with Crippen LogP contribution in [0.15, 0.2) is 12.2 Å². The van der Waals surface area contributed by atoms with E-state index in [1.54, 1.807) is 6.08 Å². The molecule has 0 aromatic carbocycles. The lowest BCUT2D eigenvalue weighted by Gasteiger charge is -2.16. The summed E-state index contributed by atoms with van der Waals surface area (Å²) in [6.45, 7) is 4.15. The molecular weight excluding hydrogens is 284 g/mol. The average molecular weight is 294 g/mol. The molecule has 1 nitrogen and oxygen atoms in total. The number of alkyl halides is 2. The van der Waals surface area contributed by atoms with Crippen molar-refractivity contribution in [1.29, 1.82) is 0 Å². The number of ketones is 1. The van der Waals surface area contributed by atoms with Crippen LogP contribution >= 0.6 is 31.9 Å². The SMILES string of the molecule is C[C@@]12C(=O)C=CC[C@]1(C)C2(Br)Br. The van der Waals surface area contributed by atoms with Gasteiger partial charge in [0, 0.05) is 5.41 Å². The second-order valence-electron chi connectivity index (χ2n) is 4.00. The number of rotatable bonds is 0. The molecule has 3 heteroatoms. The molecule has 0 saturated heterocycles. The van der Waals surface area contributed by atoms with Gasteiger partial charge >= 0.3 is 0 Å². The standard InChI is InChI=1S/C9H10Br2O/c1-7-5-3-4-6(12)8(7,2)9(7,10)11/h3-4H,5H2,1-2H3/t7-,8+/m0/s1. The van der Waals surface area contributed by atoms with Gasteiger partial charge < -0.3 is 0 Å². The van der Waals surface area contributed by atoms with E-state index in [4.69, 9.17) is 0 Å². The van der Waals surface area contributed by atoms with Gasteiger partial charge in [0.05, 0.1) is 5.41 Å². The summed E-state index contributed by atoms with van der Waals surface area (Å²) in [6, 6.07) is 0. The van der Waals surface area contributed by atoms with Crippen LogP contribution in [-0.4, -0.2) is 9.02 Å². The van der Waals surface area contributed by atoms with Crippen LogP contribution in [0.1, 0.15) is 20.3 Å². The van der Waals surface area contributed by atoms with E-state index in [0.29, 0.717) is 0 Å². The Kier molecular flexibility index (Phi) is 1.53.